The van der Waals surface area contributed by atoms with Crippen molar-refractivity contribution in [3.05, 3.63) is 65.0 Å². The van der Waals surface area contributed by atoms with Crippen LogP contribution in [0.25, 0.3) is 0 Å². The van der Waals surface area contributed by atoms with E-state index in [0.717, 1.165) is 24.5 Å². The van der Waals surface area contributed by atoms with E-state index in [1.54, 1.807) is 12.1 Å². The largest absolute Gasteiger partial charge is 0.494 e. The Morgan fingerprint density at radius 1 is 1.20 bits per heavy atom. The number of aryl methyl sites for hydroxylation is 1. The smallest absolute Gasteiger partial charge is 0.330 e. The monoisotopic (exact) mass is 345 g/mol. The lowest BCUT2D eigenvalue weighted by Crippen LogP contribution is -2.33. The molecule has 2 aromatic rings. The number of aliphatic carboxylic acids is 1. The number of carbonyl (C=O) groups is 2. The van der Waals surface area contributed by atoms with E-state index in [2.05, 4.69) is 12.2 Å². The van der Waals surface area contributed by atoms with Crippen LogP contribution in [0.15, 0.2) is 42.5 Å². The molecule has 1 atom stereocenters. The van der Waals surface area contributed by atoms with Crippen molar-refractivity contribution in [2.75, 3.05) is 7.11 Å². The van der Waals surface area contributed by atoms with E-state index >= 15 is 0 Å². The Morgan fingerprint density at radius 3 is 2.40 bits per heavy atom. The molecule has 0 aliphatic carbocycles. The molecule has 0 aliphatic rings. The van der Waals surface area contributed by atoms with Gasteiger partial charge in [0.2, 0.25) is 0 Å². The molecule has 0 heterocycles. The molecule has 6 heteroatoms. The summed E-state index contributed by atoms with van der Waals surface area (Å²) in [6.07, 6.45) is 1.90. The molecular formula is C19H20FNO4. The van der Waals surface area contributed by atoms with E-state index in [1.807, 2.05) is 12.1 Å². The highest BCUT2D eigenvalue weighted by atomic mass is 19.1. The Morgan fingerprint density at radius 2 is 1.88 bits per heavy atom. The SMILES string of the molecule is CCCc1ccc(C(=O)NC(C(=O)O)c2ccc(OC)c(F)c2)cc1. The normalized spacial score (nSPS) is 11.6. The number of nitrogens with one attached hydrogen (secondary N) is 1. The second kappa shape index (κ2) is 8.28. The first-order valence-electron chi connectivity index (χ1n) is 7.92. The number of rotatable bonds is 7. The summed E-state index contributed by atoms with van der Waals surface area (Å²) in [6.45, 7) is 2.06. The van der Waals surface area contributed by atoms with E-state index in [0.29, 0.717) is 5.56 Å². The molecule has 0 fully saturated rings. The molecule has 0 spiro atoms. The van der Waals surface area contributed by atoms with Gasteiger partial charge in [0.15, 0.2) is 17.6 Å². The molecule has 0 aromatic heterocycles. The number of methoxy groups -OCH3 is 1. The Kier molecular flexibility index (Phi) is 6.11. The van der Waals surface area contributed by atoms with E-state index in [9.17, 15) is 19.1 Å². The number of halogens is 1. The number of benzene rings is 2. The second-order valence-electron chi connectivity index (χ2n) is 5.59. The Labute approximate surface area is 145 Å². The van der Waals surface area contributed by atoms with Gasteiger partial charge >= 0.3 is 5.97 Å². The van der Waals surface area contributed by atoms with Crippen LogP contribution in [0, 0.1) is 5.82 Å². The minimum atomic E-state index is -1.36. The number of carboxylic acids is 1. The van der Waals surface area contributed by atoms with Crippen molar-refractivity contribution in [2.24, 2.45) is 0 Å². The number of carboxylic acid groups (broad SMARTS) is 1. The number of ether oxygens (including phenoxy) is 1. The van der Waals surface area contributed by atoms with Crippen LogP contribution in [0.4, 0.5) is 4.39 Å². The van der Waals surface area contributed by atoms with Gasteiger partial charge in [0.25, 0.3) is 5.91 Å². The van der Waals surface area contributed by atoms with Gasteiger partial charge in [0.1, 0.15) is 0 Å². The zero-order chi connectivity index (χ0) is 18.4. The molecule has 1 unspecified atom stereocenters. The van der Waals surface area contributed by atoms with Crippen molar-refractivity contribution in [1.82, 2.24) is 5.32 Å². The minimum Gasteiger partial charge on any atom is -0.494 e. The van der Waals surface area contributed by atoms with Crippen LogP contribution in [-0.2, 0) is 11.2 Å². The average molecular weight is 345 g/mol. The summed E-state index contributed by atoms with van der Waals surface area (Å²) < 4.78 is 18.6. The van der Waals surface area contributed by atoms with Gasteiger partial charge in [-0.2, -0.15) is 0 Å². The summed E-state index contributed by atoms with van der Waals surface area (Å²) in [7, 11) is 1.32. The summed E-state index contributed by atoms with van der Waals surface area (Å²) in [5, 5.41) is 11.8. The van der Waals surface area contributed by atoms with E-state index in [1.165, 1.54) is 19.2 Å². The van der Waals surface area contributed by atoms with Crippen LogP contribution < -0.4 is 10.1 Å². The van der Waals surface area contributed by atoms with Gasteiger partial charge < -0.3 is 15.2 Å². The third kappa shape index (κ3) is 4.56. The van der Waals surface area contributed by atoms with E-state index in [4.69, 9.17) is 4.74 Å². The molecule has 0 bridgehead atoms. The standard InChI is InChI=1S/C19H20FNO4/c1-3-4-12-5-7-13(8-6-12)18(22)21-17(19(23)24)14-9-10-16(25-2)15(20)11-14/h5-11,17H,3-4H2,1-2H3,(H,21,22)(H,23,24). The topological polar surface area (TPSA) is 75.6 Å². The Hall–Kier alpha value is -2.89. The maximum atomic E-state index is 13.8. The predicted molar refractivity (Wildman–Crippen MR) is 91.2 cm³/mol. The van der Waals surface area contributed by atoms with Crippen molar-refractivity contribution in [3.8, 4) is 5.75 Å². The molecule has 132 valence electrons. The molecule has 25 heavy (non-hydrogen) atoms. The highest BCUT2D eigenvalue weighted by molar-refractivity contribution is 5.96. The molecule has 0 radical (unpaired) electrons. The van der Waals surface area contributed by atoms with Gasteiger partial charge in [-0.1, -0.05) is 31.5 Å². The fourth-order valence-corrected chi connectivity index (χ4v) is 2.48. The summed E-state index contributed by atoms with van der Waals surface area (Å²) >= 11 is 0. The minimum absolute atomic E-state index is 0.00530. The van der Waals surface area contributed by atoms with Gasteiger partial charge in [-0.15, -0.1) is 0 Å². The maximum Gasteiger partial charge on any atom is 0.330 e. The van der Waals surface area contributed by atoms with Crippen molar-refractivity contribution < 1.29 is 23.8 Å². The van der Waals surface area contributed by atoms with Crippen LogP contribution in [-0.4, -0.2) is 24.1 Å². The molecule has 2 N–H and O–H groups in total. The second-order valence-corrected chi connectivity index (χ2v) is 5.59. The first-order valence-corrected chi connectivity index (χ1v) is 7.92. The Balaban J connectivity index is 2.19. The summed E-state index contributed by atoms with van der Waals surface area (Å²) in [4.78, 5) is 23.8. The van der Waals surface area contributed by atoms with Gasteiger partial charge in [-0.3, -0.25) is 4.79 Å². The van der Waals surface area contributed by atoms with Gasteiger partial charge in [0, 0.05) is 5.56 Å². The van der Waals surface area contributed by atoms with Gasteiger partial charge in [0.05, 0.1) is 7.11 Å². The molecule has 2 aromatic carbocycles. The van der Waals surface area contributed by atoms with Crippen LogP contribution in [0.5, 0.6) is 5.75 Å². The van der Waals surface area contributed by atoms with Crippen LogP contribution >= 0.6 is 0 Å². The quantitative estimate of drug-likeness (QED) is 0.807. The predicted octanol–water partition coefficient (Wildman–Crippen LogP) is 3.34. The highest BCUT2D eigenvalue weighted by Crippen LogP contribution is 2.22. The van der Waals surface area contributed by atoms with Crippen LogP contribution in [0.3, 0.4) is 0 Å². The summed E-state index contributed by atoms with van der Waals surface area (Å²) in [6, 6.07) is 9.38. The van der Waals surface area contributed by atoms with Crippen molar-refractivity contribution in [1.29, 1.82) is 0 Å². The summed E-state index contributed by atoms with van der Waals surface area (Å²) in [5.74, 6) is -2.50. The van der Waals surface area contributed by atoms with Gasteiger partial charge in [-0.25, -0.2) is 9.18 Å². The first kappa shape index (κ1) is 18.4. The average Bonchev–Trinajstić information content (AvgIpc) is 2.60. The van der Waals surface area contributed by atoms with Crippen molar-refractivity contribution in [3.63, 3.8) is 0 Å². The maximum absolute atomic E-state index is 13.8. The van der Waals surface area contributed by atoms with E-state index < -0.39 is 23.7 Å². The van der Waals surface area contributed by atoms with Crippen molar-refractivity contribution in [2.45, 2.75) is 25.8 Å². The summed E-state index contributed by atoms with van der Waals surface area (Å²) in [5.41, 5.74) is 1.58. The van der Waals surface area contributed by atoms with E-state index in [-0.39, 0.29) is 11.3 Å². The molecule has 2 rings (SSSR count). The fourth-order valence-electron chi connectivity index (χ4n) is 2.48. The molecular weight excluding hydrogens is 325 g/mol. The molecule has 0 aliphatic heterocycles. The number of hydrogen-bond donors (Lipinski definition) is 2. The van der Waals surface area contributed by atoms with Crippen LogP contribution in [0.2, 0.25) is 0 Å². The zero-order valence-electron chi connectivity index (χ0n) is 14.1. The molecule has 5 nitrogen and oxygen atoms in total. The van der Waals surface area contributed by atoms with Gasteiger partial charge in [-0.05, 0) is 41.8 Å². The third-order valence-corrected chi connectivity index (χ3v) is 3.79. The first-order chi connectivity index (χ1) is 12.0. The molecule has 1 amide bonds. The lowest BCUT2D eigenvalue weighted by atomic mass is 10.0. The number of carbonyl (C=O) groups excluding carboxylic acids is 1. The third-order valence-electron chi connectivity index (χ3n) is 3.79. The molecule has 0 saturated carbocycles. The lowest BCUT2D eigenvalue weighted by Gasteiger charge is -2.16. The number of hydrogen-bond acceptors (Lipinski definition) is 3. The number of amides is 1. The van der Waals surface area contributed by atoms with Crippen molar-refractivity contribution >= 4 is 11.9 Å². The molecule has 0 saturated heterocycles. The lowest BCUT2D eigenvalue weighted by molar-refractivity contribution is -0.139. The highest BCUT2D eigenvalue weighted by Gasteiger charge is 2.24. The Bertz CT molecular complexity index is 759. The zero-order valence-corrected chi connectivity index (χ0v) is 14.1. The fraction of sp³-hybridized carbons (Fsp3) is 0.263. The van der Waals surface area contributed by atoms with Crippen LogP contribution in [0.1, 0.15) is 40.9 Å².